The van der Waals surface area contributed by atoms with E-state index in [0.717, 1.165) is 44.5 Å². The third kappa shape index (κ3) is 7.46. The molecule has 2 heterocycles. The van der Waals surface area contributed by atoms with Crippen LogP contribution in [-0.2, 0) is 0 Å². The maximum Gasteiger partial charge on any atom is 0.179 e. The van der Waals surface area contributed by atoms with E-state index in [-0.39, 0.29) is 0 Å². The lowest BCUT2D eigenvalue weighted by Crippen LogP contribution is -2.74. The average molecular weight is 899 g/mol. The van der Waals surface area contributed by atoms with Crippen molar-refractivity contribution in [1.82, 2.24) is 19.5 Å². The quantitative estimate of drug-likeness (QED) is 0.101. The van der Waals surface area contributed by atoms with E-state index in [1.807, 2.05) is 36.4 Å². The van der Waals surface area contributed by atoms with Crippen molar-refractivity contribution in [3.05, 3.63) is 266 Å². The fourth-order valence-electron chi connectivity index (χ4n) is 10.3. The SMILES string of the molecule is Cc1ccccc1-c1ccc2c(c1)c1ccccc1n2-c1cc(-c2cccc([Si](c3ccccc3)(c3ccccc3)c3ccccc3)c2)ccc1-c1nc(-c2ccccc2)nc(-c2ccccc2)n1. The first-order chi connectivity index (χ1) is 34.1. The van der Waals surface area contributed by atoms with Gasteiger partial charge in [-0.1, -0.05) is 231 Å². The van der Waals surface area contributed by atoms with E-state index in [2.05, 4.69) is 236 Å². The molecular formula is C64H46N4Si. The maximum absolute atomic E-state index is 5.31. The Morgan fingerprint density at radius 3 is 1.38 bits per heavy atom. The van der Waals surface area contributed by atoms with E-state index in [1.165, 1.54) is 48.2 Å². The Balaban J connectivity index is 1.13. The molecule has 10 aromatic carbocycles. The number of para-hydroxylation sites is 1. The van der Waals surface area contributed by atoms with Crippen LogP contribution in [0.3, 0.4) is 0 Å². The molecular weight excluding hydrogens is 853 g/mol. The summed E-state index contributed by atoms with van der Waals surface area (Å²) in [7, 11) is -2.81. The molecule has 0 atom stereocenters. The van der Waals surface area contributed by atoms with Crippen molar-refractivity contribution in [3.63, 3.8) is 0 Å². The highest BCUT2D eigenvalue weighted by molar-refractivity contribution is 7.19. The number of hydrogen-bond acceptors (Lipinski definition) is 3. The number of hydrogen-bond donors (Lipinski definition) is 0. The molecule has 0 spiro atoms. The molecule has 326 valence electrons. The van der Waals surface area contributed by atoms with Crippen LogP contribution in [0.2, 0.25) is 0 Å². The van der Waals surface area contributed by atoms with Gasteiger partial charge in [0, 0.05) is 27.5 Å². The van der Waals surface area contributed by atoms with Gasteiger partial charge in [-0.05, 0) is 85.8 Å². The molecule has 0 saturated heterocycles. The normalized spacial score (nSPS) is 11.6. The zero-order valence-electron chi connectivity index (χ0n) is 38.1. The predicted molar refractivity (Wildman–Crippen MR) is 290 cm³/mol. The van der Waals surface area contributed by atoms with Crippen LogP contribution in [0, 0.1) is 6.92 Å². The van der Waals surface area contributed by atoms with Crippen LogP contribution in [0.25, 0.3) is 83.9 Å². The summed E-state index contributed by atoms with van der Waals surface area (Å²) in [5.41, 5.74) is 11.8. The third-order valence-electron chi connectivity index (χ3n) is 13.6. The first-order valence-electron chi connectivity index (χ1n) is 23.5. The molecule has 0 aliphatic heterocycles. The van der Waals surface area contributed by atoms with Gasteiger partial charge in [0.05, 0.1) is 16.7 Å². The lowest BCUT2D eigenvalue weighted by molar-refractivity contribution is 1.06. The van der Waals surface area contributed by atoms with Crippen molar-refractivity contribution in [3.8, 4) is 62.1 Å². The van der Waals surface area contributed by atoms with Crippen LogP contribution in [0.1, 0.15) is 5.56 Å². The summed E-state index contributed by atoms with van der Waals surface area (Å²) in [6.07, 6.45) is 0. The molecule has 0 radical (unpaired) electrons. The van der Waals surface area contributed by atoms with E-state index in [4.69, 9.17) is 15.0 Å². The van der Waals surface area contributed by atoms with Crippen LogP contribution in [-0.4, -0.2) is 27.6 Å². The number of fused-ring (bicyclic) bond motifs is 3. The Morgan fingerprint density at radius 2 is 0.768 bits per heavy atom. The highest BCUT2D eigenvalue weighted by Gasteiger charge is 2.41. The van der Waals surface area contributed by atoms with E-state index in [0.29, 0.717) is 17.5 Å². The summed E-state index contributed by atoms with van der Waals surface area (Å²) < 4.78 is 2.42. The Labute approximate surface area is 403 Å². The number of aryl methyl sites for hydroxylation is 1. The van der Waals surface area contributed by atoms with Crippen molar-refractivity contribution >= 4 is 50.6 Å². The van der Waals surface area contributed by atoms with Crippen LogP contribution < -0.4 is 20.7 Å². The Morgan fingerprint density at radius 1 is 0.304 bits per heavy atom. The second-order valence-corrected chi connectivity index (χ2v) is 21.4. The lowest BCUT2D eigenvalue weighted by Gasteiger charge is -2.34. The Bertz CT molecular complexity index is 3620. The summed E-state index contributed by atoms with van der Waals surface area (Å²) in [4.78, 5) is 15.7. The second-order valence-electron chi connectivity index (χ2n) is 17.6. The van der Waals surface area contributed by atoms with Gasteiger partial charge in [-0.2, -0.15) is 0 Å². The molecule has 0 amide bonds. The minimum atomic E-state index is -2.81. The zero-order valence-corrected chi connectivity index (χ0v) is 39.1. The van der Waals surface area contributed by atoms with Gasteiger partial charge >= 0.3 is 0 Å². The fraction of sp³-hybridized carbons (Fsp3) is 0.0156. The topological polar surface area (TPSA) is 43.6 Å². The monoisotopic (exact) mass is 898 g/mol. The summed E-state index contributed by atoms with van der Waals surface area (Å²) in [6.45, 7) is 2.18. The minimum Gasteiger partial charge on any atom is -0.308 e. The molecule has 12 aromatic rings. The number of nitrogens with zero attached hydrogens (tertiary/aromatic N) is 4. The summed E-state index contributed by atoms with van der Waals surface area (Å²) >= 11 is 0. The van der Waals surface area contributed by atoms with Crippen molar-refractivity contribution < 1.29 is 0 Å². The van der Waals surface area contributed by atoms with Crippen molar-refractivity contribution in [2.24, 2.45) is 0 Å². The van der Waals surface area contributed by atoms with Crippen LogP contribution in [0.15, 0.2) is 261 Å². The average Bonchev–Trinajstić information content (AvgIpc) is 3.76. The summed E-state index contributed by atoms with van der Waals surface area (Å²) in [5, 5.41) is 7.68. The molecule has 0 N–H and O–H groups in total. The molecule has 0 bridgehead atoms. The molecule has 0 saturated carbocycles. The molecule has 0 unspecified atom stereocenters. The fourth-order valence-corrected chi connectivity index (χ4v) is 15.1. The summed E-state index contributed by atoms with van der Waals surface area (Å²) in [6, 6.07) is 94.2. The van der Waals surface area contributed by atoms with Gasteiger partial charge in [0.2, 0.25) is 0 Å². The molecule has 5 heteroatoms. The molecule has 4 nitrogen and oxygen atoms in total. The smallest absolute Gasteiger partial charge is 0.179 e. The van der Waals surface area contributed by atoms with Crippen molar-refractivity contribution in [2.75, 3.05) is 0 Å². The second kappa shape index (κ2) is 17.8. The number of aromatic nitrogens is 4. The van der Waals surface area contributed by atoms with Crippen molar-refractivity contribution in [1.29, 1.82) is 0 Å². The van der Waals surface area contributed by atoms with Gasteiger partial charge in [0.15, 0.2) is 25.5 Å². The van der Waals surface area contributed by atoms with Gasteiger partial charge in [-0.25, -0.2) is 15.0 Å². The van der Waals surface area contributed by atoms with E-state index >= 15 is 0 Å². The highest BCUT2D eigenvalue weighted by atomic mass is 28.3. The number of rotatable bonds is 10. The maximum atomic E-state index is 5.31. The van der Waals surface area contributed by atoms with Gasteiger partial charge in [0.1, 0.15) is 0 Å². The Kier molecular flexibility index (Phi) is 10.7. The van der Waals surface area contributed by atoms with E-state index in [9.17, 15) is 0 Å². The van der Waals surface area contributed by atoms with E-state index in [1.54, 1.807) is 0 Å². The first-order valence-corrected chi connectivity index (χ1v) is 25.5. The molecule has 0 fully saturated rings. The highest BCUT2D eigenvalue weighted by Crippen LogP contribution is 2.40. The zero-order chi connectivity index (χ0) is 46.2. The lowest BCUT2D eigenvalue weighted by atomic mass is 9.99. The van der Waals surface area contributed by atoms with Gasteiger partial charge < -0.3 is 4.57 Å². The predicted octanol–water partition coefficient (Wildman–Crippen LogP) is 13.0. The van der Waals surface area contributed by atoms with Crippen LogP contribution in [0.5, 0.6) is 0 Å². The van der Waals surface area contributed by atoms with Crippen LogP contribution in [0.4, 0.5) is 0 Å². The summed E-state index contributed by atoms with van der Waals surface area (Å²) in [5.74, 6) is 1.84. The first kappa shape index (κ1) is 41.6. The van der Waals surface area contributed by atoms with Gasteiger partial charge in [0.25, 0.3) is 0 Å². The van der Waals surface area contributed by atoms with Gasteiger partial charge in [-0.3, -0.25) is 0 Å². The van der Waals surface area contributed by atoms with E-state index < -0.39 is 8.07 Å². The molecule has 69 heavy (non-hydrogen) atoms. The van der Waals surface area contributed by atoms with Gasteiger partial charge in [-0.15, -0.1) is 0 Å². The Hall–Kier alpha value is -8.77. The molecule has 0 aliphatic carbocycles. The third-order valence-corrected chi connectivity index (χ3v) is 18.3. The minimum absolute atomic E-state index is 0.601. The number of benzene rings is 10. The van der Waals surface area contributed by atoms with Crippen molar-refractivity contribution in [2.45, 2.75) is 6.92 Å². The standard InChI is InChI=1S/C64H46N4Si/c1-45-22-17-18-35-55(45)50-39-41-60-58(43-50)56-36-19-20-37-59(56)68(60)61-44-49(38-40-57(61)64-66-62(46-23-7-2-8-24-46)65-63(67-64)47-25-9-3-10-26-47)48-27-21-34-54(42-48)69(51-28-11-4-12-29-51,52-30-13-5-14-31-52)53-32-15-6-16-33-53/h2-44H,1H3. The van der Waals surface area contributed by atoms with Crippen LogP contribution >= 0.6 is 0 Å². The molecule has 0 aliphatic rings. The largest absolute Gasteiger partial charge is 0.308 e. The molecule has 2 aromatic heterocycles. The molecule has 12 rings (SSSR count).